The highest BCUT2D eigenvalue weighted by Crippen LogP contribution is 2.62. The minimum Gasteiger partial charge on any atom is -0.208 e. The largest absolute Gasteiger partial charge is 0.208 e. The van der Waals surface area contributed by atoms with Crippen LogP contribution >= 0.6 is 0 Å². The molecule has 1 heterocycles. The molecule has 262 valence electrons. The number of hydrogen-bond donors (Lipinski definition) is 0. The topological polar surface area (TPSA) is 38.7 Å². The molecule has 1 aromatic heterocycles. The van der Waals surface area contributed by atoms with E-state index < -0.39 is 5.41 Å². The quantitative estimate of drug-likeness (QED) is 0.171. The summed E-state index contributed by atoms with van der Waals surface area (Å²) < 4.78 is 0. The monoisotopic (exact) mass is 721 g/mol. The van der Waals surface area contributed by atoms with E-state index in [2.05, 4.69) is 170 Å². The van der Waals surface area contributed by atoms with Crippen molar-refractivity contribution in [3.8, 4) is 45.3 Å². The van der Waals surface area contributed by atoms with E-state index in [4.69, 9.17) is 15.0 Å². The molecule has 0 radical (unpaired) electrons. The minimum absolute atomic E-state index is 0.467. The third kappa shape index (κ3) is 4.07. The number of aromatic nitrogens is 3. The van der Waals surface area contributed by atoms with Crippen LogP contribution in [0.1, 0.15) is 22.3 Å². The molecule has 1 spiro atoms. The fourth-order valence-corrected chi connectivity index (χ4v) is 10.3. The lowest BCUT2D eigenvalue weighted by Crippen LogP contribution is -2.26. The van der Waals surface area contributed by atoms with Crippen LogP contribution in [0.15, 0.2) is 188 Å². The van der Waals surface area contributed by atoms with E-state index >= 15 is 0 Å². The lowest BCUT2D eigenvalue weighted by Gasteiger charge is -2.31. The standard InChI is InChI=1S/C54H31N3/c1-2-12-34(13-3-1)51-55-52(35-26-28-41-39-18-5-4-16-37(39)38-17-6-7-19-40(38)44(41)30-35)57-53(56-51)36-27-29-43-42-20-8-9-21-45(42)54(48(43)31-36)46-22-10-14-32-24-25-33-15-11-23-47(54)50(33)49(32)46/h1-31H. The highest BCUT2D eigenvalue weighted by atomic mass is 15.0. The average molecular weight is 722 g/mol. The van der Waals surface area contributed by atoms with Crippen molar-refractivity contribution in [3.63, 3.8) is 0 Å². The van der Waals surface area contributed by atoms with Gasteiger partial charge in [0.15, 0.2) is 17.5 Å². The normalized spacial score (nSPS) is 13.4. The zero-order valence-corrected chi connectivity index (χ0v) is 30.7. The van der Waals surface area contributed by atoms with Gasteiger partial charge in [-0.05, 0) is 99.4 Å². The Morgan fingerprint density at radius 3 is 1.40 bits per heavy atom. The summed E-state index contributed by atoms with van der Waals surface area (Å²) in [4.78, 5) is 15.8. The summed E-state index contributed by atoms with van der Waals surface area (Å²) in [5.74, 6) is 1.96. The van der Waals surface area contributed by atoms with Crippen LogP contribution in [0.5, 0.6) is 0 Å². The van der Waals surface area contributed by atoms with E-state index in [1.165, 1.54) is 87.2 Å². The Balaban J connectivity index is 1.07. The number of benzene rings is 10. The van der Waals surface area contributed by atoms with Crippen molar-refractivity contribution in [2.45, 2.75) is 5.41 Å². The van der Waals surface area contributed by atoms with E-state index in [1.807, 2.05) is 18.2 Å². The van der Waals surface area contributed by atoms with Crippen LogP contribution in [0, 0.1) is 0 Å². The van der Waals surface area contributed by atoms with Gasteiger partial charge in [-0.2, -0.15) is 0 Å². The molecule has 0 amide bonds. The molecule has 0 saturated heterocycles. The van der Waals surface area contributed by atoms with Crippen LogP contribution < -0.4 is 0 Å². The third-order valence-electron chi connectivity index (χ3n) is 12.7. The molecule has 0 N–H and O–H groups in total. The van der Waals surface area contributed by atoms with Gasteiger partial charge in [0, 0.05) is 16.7 Å². The van der Waals surface area contributed by atoms with Crippen molar-refractivity contribution in [1.29, 1.82) is 0 Å². The summed E-state index contributed by atoms with van der Waals surface area (Å²) in [6.45, 7) is 0. The molecule has 2 aliphatic rings. The Morgan fingerprint density at radius 2 is 0.754 bits per heavy atom. The van der Waals surface area contributed by atoms with Crippen LogP contribution in [-0.4, -0.2) is 15.0 Å². The molecule has 0 fully saturated rings. The zero-order valence-electron chi connectivity index (χ0n) is 30.7. The molecule has 0 unspecified atom stereocenters. The highest BCUT2D eigenvalue weighted by Gasteiger charge is 2.50. The van der Waals surface area contributed by atoms with Crippen molar-refractivity contribution in [3.05, 3.63) is 210 Å². The Hall–Kier alpha value is -7.49. The van der Waals surface area contributed by atoms with Gasteiger partial charge in [-0.25, -0.2) is 15.0 Å². The van der Waals surface area contributed by atoms with Crippen molar-refractivity contribution in [1.82, 2.24) is 15.0 Å². The Labute approximate surface area is 328 Å². The smallest absolute Gasteiger partial charge is 0.164 e. The molecule has 10 aromatic carbocycles. The third-order valence-corrected chi connectivity index (χ3v) is 12.7. The molecule has 11 aromatic rings. The first kappa shape index (κ1) is 30.8. The summed E-state index contributed by atoms with van der Waals surface area (Å²) in [5, 5.41) is 12.6. The lowest BCUT2D eigenvalue weighted by molar-refractivity contribution is 0.797. The first-order chi connectivity index (χ1) is 28.3. The van der Waals surface area contributed by atoms with Gasteiger partial charge in [0.1, 0.15) is 0 Å². The highest BCUT2D eigenvalue weighted by molar-refractivity contribution is 6.25. The Kier molecular flexibility index (Phi) is 6.10. The molecular weight excluding hydrogens is 691 g/mol. The van der Waals surface area contributed by atoms with E-state index in [0.29, 0.717) is 17.5 Å². The van der Waals surface area contributed by atoms with Gasteiger partial charge in [0.25, 0.3) is 0 Å². The maximum absolute atomic E-state index is 5.33. The van der Waals surface area contributed by atoms with Crippen LogP contribution in [0.25, 0.3) is 99.2 Å². The maximum Gasteiger partial charge on any atom is 0.164 e. The molecule has 0 atom stereocenters. The maximum atomic E-state index is 5.33. The molecule has 3 nitrogen and oxygen atoms in total. The molecular formula is C54H31N3. The van der Waals surface area contributed by atoms with E-state index in [-0.39, 0.29) is 0 Å². The van der Waals surface area contributed by atoms with Crippen LogP contribution in [0.2, 0.25) is 0 Å². The second-order valence-corrected chi connectivity index (χ2v) is 15.5. The number of fused-ring (bicyclic) bond motifs is 13. The van der Waals surface area contributed by atoms with E-state index in [1.54, 1.807) is 0 Å². The van der Waals surface area contributed by atoms with E-state index in [9.17, 15) is 0 Å². The molecule has 13 rings (SSSR count). The first-order valence-corrected chi connectivity index (χ1v) is 19.6. The van der Waals surface area contributed by atoms with Gasteiger partial charge in [-0.15, -0.1) is 0 Å². The molecule has 0 aliphatic heterocycles. The Morgan fingerprint density at radius 1 is 0.281 bits per heavy atom. The van der Waals surface area contributed by atoms with Crippen LogP contribution in [-0.2, 0) is 5.41 Å². The number of rotatable bonds is 3. The fourth-order valence-electron chi connectivity index (χ4n) is 10.3. The lowest BCUT2D eigenvalue weighted by atomic mass is 9.70. The SMILES string of the molecule is c1ccc(-c2nc(-c3ccc4c(c3)C3(c5ccccc5-4)c4cccc5ccc6cccc3c6c45)nc(-c3ccc4c5ccccc5c5ccccc5c4c3)n2)cc1. The molecule has 2 aliphatic carbocycles. The van der Waals surface area contributed by atoms with Crippen LogP contribution in [0.3, 0.4) is 0 Å². The average Bonchev–Trinajstić information content (AvgIpc) is 3.76. The van der Waals surface area contributed by atoms with Gasteiger partial charge in [0.05, 0.1) is 5.41 Å². The van der Waals surface area contributed by atoms with Gasteiger partial charge in [-0.3, -0.25) is 0 Å². The van der Waals surface area contributed by atoms with Gasteiger partial charge >= 0.3 is 0 Å². The molecule has 3 heteroatoms. The summed E-state index contributed by atoms with van der Waals surface area (Å²) in [6.07, 6.45) is 0. The molecule has 0 saturated carbocycles. The number of hydrogen-bond acceptors (Lipinski definition) is 3. The summed E-state index contributed by atoms with van der Waals surface area (Å²) in [5.41, 5.74) is 10.2. The molecule has 0 bridgehead atoms. The fraction of sp³-hybridized carbons (Fsp3) is 0.0185. The molecule has 57 heavy (non-hydrogen) atoms. The predicted molar refractivity (Wildman–Crippen MR) is 235 cm³/mol. The van der Waals surface area contributed by atoms with Crippen molar-refractivity contribution >= 4 is 53.9 Å². The van der Waals surface area contributed by atoms with Crippen molar-refractivity contribution in [2.75, 3.05) is 0 Å². The zero-order chi connectivity index (χ0) is 37.2. The van der Waals surface area contributed by atoms with Gasteiger partial charge in [0.2, 0.25) is 0 Å². The van der Waals surface area contributed by atoms with Crippen LogP contribution in [0.4, 0.5) is 0 Å². The van der Waals surface area contributed by atoms with Crippen molar-refractivity contribution < 1.29 is 0 Å². The van der Waals surface area contributed by atoms with Crippen molar-refractivity contribution in [2.24, 2.45) is 0 Å². The van der Waals surface area contributed by atoms with Gasteiger partial charge < -0.3 is 0 Å². The second-order valence-electron chi connectivity index (χ2n) is 15.5. The van der Waals surface area contributed by atoms with E-state index in [0.717, 1.165) is 16.7 Å². The van der Waals surface area contributed by atoms with Gasteiger partial charge in [-0.1, -0.05) is 176 Å². The second kappa shape index (κ2) is 11.3. The number of nitrogens with zero attached hydrogens (tertiary/aromatic N) is 3. The predicted octanol–water partition coefficient (Wildman–Crippen LogP) is 13.3. The summed E-state index contributed by atoms with van der Waals surface area (Å²) >= 11 is 0. The summed E-state index contributed by atoms with van der Waals surface area (Å²) in [7, 11) is 0. The minimum atomic E-state index is -0.467. The summed E-state index contributed by atoms with van der Waals surface area (Å²) in [6, 6.07) is 68.4. The Bertz CT molecular complexity index is 3430. The first-order valence-electron chi connectivity index (χ1n) is 19.6.